The molecule has 1 aromatic rings. The maximum atomic E-state index is 6.02. The van der Waals surface area contributed by atoms with Crippen LogP contribution in [-0.4, -0.2) is 11.7 Å². The molecule has 4 heteroatoms. The van der Waals surface area contributed by atoms with E-state index in [-0.39, 0.29) is 0 Å². The number of anilines is 1. The summed E-state index contributed by atoms with van der Waals surface area (Å²) in [6.07, 6.45) is 0. The van der Waals surface area contributed by atoms with Crippen molar-refractivity contribution in [3.8, 4) is 0 Å². The van der Waals surface area contributed by atoms with Gasteiger partial charge >= 0.3 is 0 Å². The molecule has 88 valence electrons. The molecule has 0 spiro atoms. The summed E-state index contributed by atoms with van der Waals surface area (Å²) in [7, 11) is 0. The minimum absolute atomic E-state index is 0.571. The van der Waals surface area contributed by atoms with Crippen molar-refractivity contribution in [2.45, 2.75) is 20.8 Å². The van der Waals surface area contributed by atoms with E-state index in [1.165, 1.54) is 0 Å². The van der Waals surface area contributed by atoms with Gasteiger partial charge in [0, 0.05) is 17.3 Å². The fourth-order valence-electron chi connectivity index (χ4n) is 1.14. The second kappa shape index (κ2) is 6.06. The molecular formula is C12H17ClN2S. The first kappa shape index (κ1) is 13.3. The smallest absolute Gasteiger partial charge is 0.170 e. The van der Waals surface area contributed by atoms with Crippen LogP contribution in [0.15, 0.2) is 18.2 Å². The third-order valence-corrected chi connectivity index (χ3v) is 2.75. The van der Waals surface area contributed by atoms with E-state index < -0.39 is 0 Å². The average Bonchev–Trinajstić information content (AvgIpc) is 2.21. The van der Waals surface area contributed by atoms with Crippen molar-refractivity contribution in [3.63, 3.8) is 0 Å². The molecule has 0 aliphatic rings. The monoisotopic (exact) mass is 256 g/mol. The van der Waals surface area contributed by atoms with E-state index in [2.05, 4.69) is 24.5 Å². The molecule has 0 unspecified atom stereocenters. The first-order valence-corrected chi connectivity index (χ1v) is 6.08. The highest BCUT2D eigenvalue weighted by Crippen LogP contribution is 2.19. The Kier molecular flexibility index (Phi) is 5.03. The highest BCUT2D eigenvalue weighted by Gasteiger charge is 2.01. The topological polar surface area (TPSA) is 24.1 Å². The zero-order valence-corrected chi connectivity index (χ0v) is 11.4. The summed E-state index contributed by atoms with van der Waals surface area (Å²) in [5.74, 6) is 0.571. The van der Waals surface area contributed by atoms with Crippen LogP contribution in [0.4, 0.5) is 5.69 Å². The van der Waals surface area contributed by atoms with Gasteiger partial charge in [-0.25, -0.2) is 0 Å². The highest BCUT2D eigenvalue weighted by atomic mass is 35.5. The third kappa shape index (κ3) is 4.37. The van der Waals surface area contributed by atoms with Crippen molar-refractivity contribution in [1.82, 2.24) is 5.32 Å². The molecule has 0 aliphatic carbocycles. The third-order valence-electron chi connectivity index (χ3n) is 2.10. The fourth-order valence-corrected chi connectivity index (χ4v) is 1.52. The van der Waals surface area contributed by atoms with Crippen LogP contribution in [0.3, 0.4) is 0 Å². The zero-order valence-electron chi connectivity index (χ0n) is 9.80. The molecule has 0 atom stereocenters. The van der Waals surface area contributed by atoms with Crippen molar-refractivity contribution in [2.24, 2.45) is 5.92 Å². The Morgan fingerprint density at radius 1 is 1.44 bits per heavy atom. The molecule has 1 aromatic carbocycles. The number of halogens is 1. The standard InChI is InChI=1S/C12H17ClN2S/c1-8(2)7-14-12(16)15-10-5-4-9(3)11(13)6-10/h4-6,8H,7H2,1-3H3,(H2,14,15,16). The number of thiocarbonyl (C=S) groups is 1. The lowest BCUT2D eigenvalue weighted by molar-refractivity contribution is 0.627. The highest BCUT2D eigenvalue weighted by molar-refractivity contribution is 7.80. The van der Waals surface area contributed by atoms with Crippen LogP contribution in [0, 0.1) is 12.8 Å². The van der Waals surface area contributed by atoms with Crippen molar-refractivity contribution in [3.05, 3.63) is 28.8 Å². The molecule has 0 saturated heterocycles. The van der Waals surface area contributed by atoms with Gasteiger partial charge in [-0.05, 0) is 42.8 Å². The minimum Gasteiger partial charge on any atom is -0.362 e. The van der Waals surface area contributed by atoms with E-state index in [9.17, 15) is 0 Å². The van der Waals surface area contributed by atoms with Crippen LogP contribution in [0.2, 0.25) is 5.02 Å². The van der Waals surface area contributed by atoms with Gasteiger partial charge < -0.3 is 10.6 Å². The normalized spacial score (nSPS) is 10.3. The lowest BCUT2D eigenvalue weighted by Crippen LogP contribution is -2.31. The van der Waals surface area contributed by atoms with Crippen LogP contribution in [0.5, 0.6) is 0 Å². The van der Waals surface area contributed by atoms with Crippen LogP contribution in [-0.2, 0) is 0 Å². The average molecular weight is 257 g/mol. The number of nitrogens with one attached hydrogen (secondary N) is 2. The van der Waals surface area contributed by atoms with Crippen molar-refractivity contribution in [2.75, 3.05) is 11.9 Å². The van der Waals surface area contributed by atoms with Gasteiger partial charge in [0.05, 0.1) is 0 Å². The summed E-state index contributed by atoms with van der Waals surface area (Å²) < 4.78 is 0. The number of hydrogen-bond acceptors (Lipinski definition) is 1. The zero-order chi connectivity index (χ0) is 12.1. The van der Waals surface area contributed by atoms with Gasteiger partial charge in [-0.2, -0.15) is 0 Å². The summed E-state index contributed by atoms with van der Waals surface area (Å²) in [5.41, 5.74) is 1.98. The molecule has 0 saturated carbocycles. The molecule has 0 heterocycles. The molecule has 2 nitrogen and oxygen atoms in total. The molecular weight excluding hydrogens is 240 g/mol. The quantitative estimate of drug-likeness (QED) is 0.809. The van der Waals surface area contributed by atoms with Gasteiger partial charge in [0.25, 0.3) is 0 Å². The van der Waals surface area contributed by atoms with Gasteiger partial charge in [-0.15, -0.1) is 0 Å². The van der Waals surface area contributed by atoms with E-state index in [0.29, 0.717) is 11.0 Å². The molecule has 0 amide bonds. The second-order valence-corrected chi connectivity index (χ2v) is 5.01. The maximum Gasteiger partial charge on any atom is 0.170 e. The Morgan fingerprint density at radius 3 is 2.69 bits per heavy atom. The first-order chi connectivity index (χ1) is 7.49. The molecule has 0 aromatic heterocycles. The molecule has 0 fully saturated rings. The number of benzene rings is 1. The lowest BCUT2D eigenvalue weighted by Gasteiger charge is -2.12. The number of rotatable bonds is 3. The van der Waals surface area contributed by atoms with Crippen molar-refractivity contribution >= 4 is 34.6 Å². The van der Waals surface area contributed by atoms with E-state index in [1.807, 2.05) is 25.1 Å². The summed E-state index contributed by atoms with van der Waals surface area (Å²) in [4.78, 5) is 0. The lowest BCUT2D eigenvalue weighted by atomic mass is 10.2. The summed E-state index contributed by atoms with van der Waals surface area (Å²) in [5, 5.41) is 7.62. The minimum atomic E-state index is 0.571. The van der Waals surface area contributed by atoms with Crippen LogP contribution in [0.1, 0.15) is 19.4 Å². The number of hydrogen-bond donors (Lipinski definition) is 2. The van der Waals surface area contributed by atoms with Gasteiger partial charge in [-0.1, -0.05) is 31.5 Å². The van der Waals surface area contributed by atoms with Crippen molar-refractivity contribution < 1.29 is 0 Å². The Morgan fingerprint density at radius 2 is 2.12 bits per heavy atom. The SMILES string of the molecule is Cc1ccc(NC(=S)NCC(C)C)cc1Cl. The van der Waals surface area contributed by atoms with Crippen LogP contribution < -0.4 is 10.6 Å². The van der Waals surface area contributed by atoms with Gasteiger partial charge in [-0.3, -0.25) is 0 Å². The van der Waals surface area contributed by atoms with E-state index in [4.69, 9.17) is 23.8 Å². The van der Waals surface area contributed by atoms with E-state index in [0.717, 1.165) is 22.8 Å². The van der Waals surface area contributed by atoms with Crippen LogP contribution in [0.25, 0.3) is 0 Å². The van der Waals surface area contributed by atoms with Gasteiger partial charge in [0.15, 0.2) is 5.11 Å². The van der Waals surface area contributed by atoms with E-state index in [1.54, 1.807) is 0 Å². The first-order valence-electron chi connectivity index (χ1n) is 5.30. The predicted molar refractivity (Wildman–Crippen MR) is 75.3 cm³/mol. The van der Waals surface area contributed by atoms with Crippen LogP contribution >= 0.6 is 23.8 Å². The van der Waals surface area contributed by atoms with Gasteiger partial charge in [0.2, 0.25) is 0 Å². The molecule has 16 heavy (non-hydrogen) atoms. The molecule has 0 bridgehead atoms. The molecule has 1 rings (SSSR count). The Labute approximate surface area is 107 Å². The summed E-state index contributed by atoms with van der Waals surface area (Å²) in [6.45, 7) is 7.11. The second-order valence-electron chi connectivity index (χ2n) is 4.19. The molecule has 2 N–H and O–H groups in total. The Hall–Kier alpha value is -0.800. The van der Waals surface area contributed by atoms with Crippen molar-refractivity contribution in [1.29, 1.82) is 0 Å². The maximum absolute atomic E-state index is 6.02. The summed E-state index contributed by atoms with van der Waals surface area (Å²) in [6, 6.07) is 5.81. The summed E-state index contributed by atoms with van der Waals surface area (Å²) >= 11 is 11.2. The van der Waals surface area contributed by atoms with E-state index >= 15 is 0 Å². The fraction of sp³-hybridized carbons (Fsp3) is 0.417. The van der Waals surface area contributed by atoms with Gasteiger partial charge in [0.1, 0.15) is 0 Å². The molecule has 0 radical (unpaired) electrons. The largest absolute Gasteiger partial charge is 0.362 e. The predicted octanol–water partition coefficient (Wildman–Crippen LogP) is 3.59. The molecule has 0 aliphatic heterocycles. The number of aryl methyl sites for hydroxylation is 1. The Bertz CT molecular complexity index is 377. The Balaban J connectivity index is 2.53.